The Morgan fingerprint density at radius 3 is 2.68 bits per heavy atom. The predicted octanol–water partition coefficient (Wildman–Crippen LogP) is 4.49. The fraction of sp³-hybridized carbons (Fsp3) is 0.222. The molecule has 1 aromatic carbocycles. The van der Waals surface area contributed by atoms with Crippen molar-refractivity contribution in [3.05, 3.63) is 79.5 Å². The molecule has 0 saturated carbocycles. The van der Waals surface area contributed by atoms with Gasteiger partial charge >= 0.3 is 0 Å². The van der Waals surface area contributed by atoms with Gasteiger partial charge in [-0.2, -0.15) is 0 Å². The molecule has 3 aromatic rings. The van der Waals surface area contributed by atoms with Crippen molar-refractivity contribution in [3.63, 3.8) is 0 Å². The van der Waals surface area contributed by atoms with E-state index >= 15 is 0 Å². The second-order valence-corrected chi connectivity index (χ2v) is 7.95. The van der Waals surface area contributed by atoms with Crippen molar-refractivity contribution in [2.24, 2.45) is 0 Å². The Bertz CT molecular complexity index is 912. The maximum absolute atomic E-state index is 11.1. The molecular weight excluding hydrogens is 379 g/mol. The molecule has 0 aliphatic heterocycles. The zero-order valence-electron chi connectivity index (χ0n) is 13.6. The van der Waals surface area contributed by atoms with E-state index in [-0.39, 0.29) is 5.15 Å². The number of hydrogen-bond donors (Lipinski definition) is 2. The molecule has 2 atom stereocenters. The molecule has 0 spiro atoms. The zero-order chi connectivity index (χ0) is 18.2. The lowest BCUT2D eigenvalue weighted by atomic mass is 9.88. The van der Waals surface area contributed by atoms with Crippen molar-refractivity contribution in [3.8, 4) is 0 Å². The molecule has 130 valence electrons. The monoisotopic (exact) mass is 394 g/mol. The molecule has 3 rings (SSSR count). The second kappa shape index (κ2) is 7.02. The fourth-order valence-electron chi connectivity index (χ4n) is 2.73. The average molecular weight is 395 g/mol. The van der Waals surface area contributed by atoms with Gasteiger partial charge in [0, 0.05) is 32.1 Å². The van der Waals surface area contributed by atoms with Crippen molar-refractivity contribution in [1.29, 1.82) is 0 Å². The van der Waals surface area contributed by atoms with Crippen LogP contribution < -0.4 is 0 Å². The van der Waals surface area contributed by atoms with E-state index in [2.05, 4.69) is 9.97 Å². The van der Waals surface area contributed by atoms with Gasteiger partial charge < -0.3 is 10.2 Å². The Morgan fingerprint density at radius 1 is 1.24 bits per heavy atom. The molecule has 7 heteroatoms. The molecule has 0 amide bonds. The first-order valence-electron chi connectivity index (χ1n) is 7.53. The number of aryl methyl sites for hydroxylation is 1. The Morgan fingerprint density at radius 2 is 2.00 bits per heavy atom. The normalized spacial score (nSPS) is 15.0. The lowest BCUT2D eigenvalue weighted by Crippen LogP contribution is -2.23. The Hall–Kier alpha value is -1.50. The number of aliphatic hydroxyl groups excluding tert-OH is 1. The number of aliphatic hydroxyl groups is 2. The van der Waals surface area contributed by atoms with Crippen LogP contribution >= 0.6 is 34.5 Å². The van der Waals surface area contributed by atoms with E-state index in [1.54, 1.807) is 31.2 Å². The lowest BCUT2D eigenvalue weighted by molar-refractivity contribution is 0.102. The number of hydrogen-bond acceptors (Lipinski definition) is 5. The Balaban J connectivity index is 2.01. The summed E-state index contributed by atoms with van der Waals surface area (Å²) in [5, 5.41) is 22.5. The van der Waals surface area contributed by atoms with Crippen molar-refractivity contribution in [2.75, 3.05) is 0 Å². The largest absolute Gasteiger partial charge is 0.383 e. The molecule has 0 saturated heterocycles. The van der Waals surface area contributed by atoms with Gasteiger partial charge in [0.25, 0.3) is 0 Å². The SMILES string of the molecule is Cc1sc([C@H](O)c2cncnc2Cl)cc1C(C)(O)c1cccc(Cl)c1. The molecule has 0 aliphatic rings. The zero-order valence-corrected chi connectivity index (χ0v) is 15.9. The number of nitrogens with zero attached hydrogens (tertiary/aromatic N) is 2. The minimum Gasteiger partial charge on any atom is -0.383 e. The second-order valence-electron chi connectivity index (χ2n) is 5.87. The van der Waals surface area contributed by atoms with Gasteiger partial charge in [0.1, 0.15) is 23.2 Å². The van der Waals surface area contributed by atoms with Crippen LogP contribution in [0.3, 0.4) is 0 Å². The van der Waals surface area contributed by atoms with Crippen molar-refractivity contribution in [1.82, 2.24) is 9.97 Å². The van der Waals surface area contributed by atoms with Crippen LogP contribution in [0.1, 0.15) is 39.5 Å². The molecule has 2 heterocycles. The third-order valence-corrected chi connectivity index (χ3v) is 5.76. The molecule has 0 fully saturated rings. The first-order valence-corrected chi connectivity index (χ1v) is 9.10. The summed E-state index contributed by atoms with van der Waals surface area (Å²) >= 11 is 13.5. The predicted molar refractivity (Wildman–Crippen MR) is 100 cm³/mol. The van der Waals surface area contributed by atoms with E-state index in [4.69, 9.17) is 23.2 Å². The van der Waals surface area contributed by atoms with Gasteiger partial charge in [0.15, 0.2) is 0 Å². The summed E-state index contributed by atoms with van der Waals surface area (Å²) < 4.78 is 0. The third kappa shape index (κ3) is 3.57. The minimum atomic E-state index is -1.24. The maximum atomic E-state index is 11.1. The van der Waals surface area contributed by atoms with Gasteiger partial charge in [-0.25, -0.2) is 9.97 Å². The van der Waals surface area contributed by atoms with Gasteiger partial charge in [-0.3, -0.25) is 0 Å². The number of benzene rings is 1. The summed E-state index contributed by atoms with van der Waals surface area (Å²) in [6, 6.07) is 8.89. The minimum absolute atomic E-state index is 0.205. The molecule has 25 heavy (non-hydrogen) atoms. The van der Waals surface area contributed by atoms with Crippen LogP contribution in [0, 0.1) is 6.92 Å². The van der Waals surface area contributed by atoms with Gasteiger partial charge in [-0.15, -0.1) is 11.3 Å². The number of rotatable bonds is 4. The summed E-state index contributed by atoms with van der Waals surface area (Å²) in [5.41, 5.74) is 0.588. The van der Waals surface area contributed by atoms with Crippen LogP contribution in [0.2, 0.25) is 10.2 Å². The highest BCUT2D eigenvalue weighted by atomic mass is 35.5. The van der Waals surface area contributed by atoms with Crippen LogP contribution in [0.15, 0.2) is 42.9 Å². The quantitative estimate of drug-likeness (QED) is 0.639. The van der Waals surface area contributed by atoms with E-state index in [0.29, 0.717) is 26.6 Å². The van der Waals surface area contributed by atoms with E-state index in [1.165, 1.54) is 23.9 Å². The Labute approximate surface area is 159 Å². The molecule has 4 nitrogen and oxygen atoms in total. The summed E-state index contributed by atoms with van der Waals surface area (Å²) in [5.74, 6) is 0. The van der Waals surface area contributed by atoms with Crippen LogP contribution in [0.4, 0.5) is 0 Å². The van der Waals surface area contributed by atoms with Crippen molar-refractivity contribution in [2.45, 2.75) is 25.6 Å². The lowest BCUT2D eigenvalue weighted by Gasteiger charge is -2.24. The molecule has 2 aromatic heterocycles. The number of halogens is 2. The topological polar surface area (TPSA) is 66.2 Å². The summed E-state index contributed by atoms with van der Waals surface area (Å²) in [7, 11) is 0. The summed E-state index contributed by atoms with van der Waals surface area (Å²) in [4.78, 5) is 9.36. The summed E-state index contributed by atoms with van der Waals surface area (Å²) in [6.45, 7) is 3.61. The van der Waals surface area contributed by atoms with Gasteiger partial charge in [-0.05, 0) is 37.6 Å². The van der Waals surface area contributed by atoms with E-state index in [9.17, 15) is 10.2 Å². The molecule has 1 unspecified atom stereocenters. The standard InChI is InChI=1S/C18H16Cl2N2O2S/c1-10-14(18(2,24)11-4-3-5-12(19)6-11)7-15(25-10)16(23)13-8-21-9-22-17(13)20/h3-9,16,23-24H,1-2H3/t16-,18?/m1/s1. The Kier molecular flexibility index (Phi) is 5.14. The molecule has 0 bridgehead atoms. The summed E-state index contributed by atoms with van der Waals surface area (Å²) in [6.07, 6.45) is 1.86. The van der Waals surface area contributed by atoms with Crippen molar-refractivity contribution >= 4 is 34.5 Å². The van der Waals surface area contributed by atoms with Crippen LogP contribution in [-0.4, -0.2) is 20.2 Å². The molecule has 2 N–H and O–H groups in total. The molecule has 0 aliphatic carbocycles. The van der Waals surface area contributed by atoms with E-state index < -0.39 is 11.7 Å². The highest BCUT2D eigenvalue weighted by Gasteiger charge is 2.31. The fourth-order valence-corrected chi connectivity index (χ4v) is 4.25. The van der Waals surface area contributed by atoms with Gasteiger partial charge in [-0.1, -0.05) is 35.3 Å². The smallest absolute Gasteiger partial charge is 0.138 e. The highest BCUT2D eigenvalue weighted by molar-refractivity contribution is 7.12. The molecular formula is C18H16Cl2N2O2S. The first-order chi connectivity index (χ1) is 11.8. The van der Waals surface area contributed by atoms with Crippen LogP contribution in [0.25, 0.3) is 0 Å². The van der Waals surface area contributed by atoms with E-state index in [1.807, 2.05) is 13.0 Å². The molecule has 0 radical (unpaired) electrons. The maximum Gasteiger partial charge on any atom is 0.138 e. The average Bonchev–Trinajstić information content (AvgIpc) is 2.97. The van der Waals surface area contributed by atoms with Crippen molar-refractivity contribution < 1.29 is 10.2 Å². The van der Waals surface area contributed by atoms with E-state index in [0.717, 1.165) is 4.88 Å². The number of thiophene rings is 1. The third-order valence-electron chi connectivity index (χ3n) is 4.10. The highest BCUT2D eigenvalue weighted by Crippen LogP contribution is 2.40. The van der Waals surface area contributed by atoms with Gasteiger partial charge in [0.2, 0.25) is 0 Å². The van der Waals surface area contributed by atoms with Gasteiger partial charge in [0.05, 0.1) is 0 Å². The number of aromatic nitrogens is 2. The first kappa shape index (κ1) is 18.3. The van der Waals surface area contributed by atoms with Crippen LogP contribution in [0.5, 0.6) is 0 Å². The van der Waals surface area contributed by atoms with Crippen LogP contribution in [-0.2, 0) is 5.60 Å².